The molecule has 3 fully saturated rings. The van der Waals surface area contributed by atoms with Crippen LogP contribution in [-0.2, 0) is 0 Å². The SMILES string of the molecule is CCC1(C(CC2CC3CCC2C3)NN)CCCC1. The fourth-order valence-corrected chi connectivity index (χ4v) is 5.49. The largest absolute Gasteiger partial charge is 0.271 e. The third-order valence-electron chi connectivity index (χ3n) is 6.67. The smallest absolute Gasteiger partial charge is 0.0269 e. The Kier molecular flexibility index (Phi) is 3.68. The first-order valence-electron chi connectivity index (χ1n) is 8.23. The van der Waals surface area contributed by atoms with Gasteiger partial charge in [0.1, 0.15) is 0 Å². The third kappa shape index (κ3) is 2.12. The minimum absolute atomic E-state index is 0.524. The molecule has 2 bridgehead atoms. The Balaban J connectivity index is 1.65. The molecule has 3 aliphatic rings. The minimum atomic E-state index is 0.524. The molecule has 0 aromatic rings. The predicted molar refractivity (Wildman–Crippen MR) is 75.9 cm³/mol. The highest BCUT2D eigenvalue weighted by atomic mass is 15.2. The molecular weight excluding hydrogens is 220 g/mol. The molecule has 0 spiro atoms. The normalized spacial score (nSPS) is 39.3. The molecule has 2 heteroatoms. The van der Waals surface area contributed by atoms with Crippen LogP contribution in [0.2, 0.25) is 0 Å². The van der Waals surface area contributed by atoms with Crippen LogP contribution in [-0.4, -0.2) is 6.04 Å². The van der Waals surface area contributed by atoms with Crippen molar-refractivity contribution in [2.24, 2.45) is 29.0 Å². The Bertz CT molecular complexity index is 283. The van der Waals surface area contributed by atoms with E-state index < -0.39 is 0 Å². The van der Waals surface area contributed by atoms with Crippen LogP contribution in [0.5, 0.6) is 0 Å². The Hall–Kier alpha value is -0.0800. The molecule has 4 unspecified atom stereocenters. The molecule has 3 rings (SSSR count). The molecule has 0 saturated heterocycles. The van der Waals surface area contributed by atoms with Crippen molar-refractivity contribution in [3.8, 4) is 0 Å². The summed E-state index contributed by atoms with van der Waals surface area (Å²) in [6.07, 6.45) is 14.4. The molecule has 0 aromatic heterocycles. The van der Waals surface area contributed by atoms with Crippen LogP contribution in [0.15, 0.2) is 0 Å². The highest BCUT2D eigenvalue weighted by molar-refractivity contribution is 4.98. The van der Waals surface area contributed by atoms with Crippen LogP contribution in [0.3, 0.4) is 0 Å². The van der Waals surface area contributed by atoms with Crippen molar-refractivity contribution in [3.05, 3.63) is 0 Å². The van der Waals surface area contributed by atoms with Gasteiger partial charge in [-0.3, -0.25) is 11.3 Å². The van der Waals surface area contributed by atoms with E-state index >= 15 is 0 Å². The molecular formula is C16H30N2. The number of nitrogens with two attached hydrogens (primary N) is 1. The summed E-state index contributed by atoms with van der Waals surface area (Å²) < 4.78 is 0. The van der Waals surface area contributed by atoms with Crippen LogP contribution in [0.25, 0.3) is 0 Å². The molecule has 0 amide bonds. The van der Waals surface area contributed by atoms with Gasteiger partial charge in [0, 0.05) is 6.04 Å². The zero-order valence-electron chi connectivity index (χ0n) is 12.0. The van der Waals surface area contributed by atoms with Crippen LogP contribution in [0, 0.1) is 23.2 Å². The van der Waals surface area contributed by atoms with Crippen LogP contribution >= 0.6 is 0 Å². The summed E-state index contributed by atoms with van der Waals surface area (Å²) in [5, 5.41) is 0. The van der Waals surface area contributed by atoms with E-state index in [0.717, 1.165) is 17.8 Å². The van der Waals surface area contributed by atoms with Gasteiger partial charge in [0.15, 0.2) is 0 Å². The van der Waals surface area contributed by atoms with Gasteiger partial charge in [-0.15, -0.1) is 0 Å². The topological polar surface area (TPSA) is 38.0 Å². The maximum Gasteiger partial charge on any atom is 0.0269 e. The van der Waals surface area contributed by atoms with Crippen molar-refractivity contribution in [2.75, 3.05) is 0 Å². The number of hydrazine groups is 1. The van der Waals surface area contributed by atoms with Crippen LogP contribution in [0.1, 0.15) is 71.1 Å². The number of hydrogen-bond acceptors (Lipinski definition) is 2. The lowest BCUT2D eigenvalue weighted by Crippen LogP contribution is -2.48. The van der Waals surface area contributed by atoms with E-state index in [2.05, 4.69) is 12.3 Å². The second-order valence-electron chi connectivity index (χ2n) is 7.31. The average molecular weight is 250 g/mol. The maximum atomic E-state index is 5.94. The van der Waals surface area contributed by atoms with E-state index in [1.54, 1.807) is 0 Å². The van der Waals surface area contributed by atoms with E-state index in [1.165, 1.54) is 64.2 Å². The summed E-state index contributed by atoms with van der Waals surface area (Å²) in [5.41, 5.74) is 3.75. The van der Waals surface area contributed by atoms with Crippen LogP contribution in [0.4, 0.5) is 0 Å². The van der Waals surface area contributed by atoms with Gasteiger partial charge in [-0.25, -0.2) is 0 Å². The maximum absolute atomic E-state index is 5.94. The highest BCUT2D eigenvalue weighted by Crippen LogP contribution is 2.52. The first-order valence-corrected chi connectivity index (χ1v) is 8.23. The van der Waals surface area contributed by atoms with Crippen molar-refractivity contribution in [1.82, 2.24) is 5.43 Å². The second kappa shape index (κ2) is 5.13. The molecule has 0 aliphatic heterocycles. The summed E-state index contributed by atoms with van der Waals surface area (Å²) in [7, 11) is 0. The summed E-state index contributed by atoms with van der Waals surface area (Å²) in [5.74, 6) is 9.03. The van der Waals surface area contributed by atoms with E-state index in [1.807, 2.05) is 0 Å². The predicted octanol–water partition coefficient (Wildman–Crippen LogP) is 3.62. The zero-order chi connectivity index (χ0) is 12.6. The van der Waals surface area contributed by atoms with Crippen molar-refractivity contribution >= 4 is 0 Å². The molecule has 0 heterocycles. The van der Waals surface area contributed by atoms with Gasteiger partial charge in [0.25, 0.3) is 0 Å². The summed E-state index contributed by atoms with van der Waals surface area (Å²) in [6.45, 7) is 2.37. The van der Waals surface area contributed by atoms with Gasteiger partial charge < -0.3 is 0 Å². The molecule has 0 radical (unpaired) electrons. The third-order valence-corrected chi connectivity index (χ3v) is 6.67. The van der Waals surface area contributed by atoms with Crippen molar-refractivity contribution in [2.45, 2.75) is 77.2 Å². The average Bonchev–Trinajstić information content (AvgIpc) is 3.11. The Morgan fingerprint density at radius 1 is 1.22 bits per heavy atom. The minimum Gasteiger partial charge on any atom is -0.271 e. The standard InChI is InChI=1S/C16H30N2/c1-2-16(7-3-4-8-16)15(18-17)11-14-10-12-5-6-13(14)9-12/h12-15,18H,2-11,17H2,1H3. The summed E-state index contributed by atoms with van der Waals surface area (Å²) in [4.78, 5) is 0. The second-order valence-corrected chi connectivity index (χ2v) is 7.31. The van der Waals surface area contributed by atoms with Gasteiger partial charge in [-0.2, -0.15) is 0 Å². The summed E-state index contributed by atoms with van der Waals surface area (Å²) >= 11 is 0. The lowest BCUT2D eigenvalue weighted by Gasteiger charge is -2.39. The molecule has 3 N–H and O–H groups in total. The molecule has 2 nitrogen and oxygen atoms in total. The van der Waals surface area contributed by atoms with E-state index in [9.17, 15) is 0 Å². The molecule has 3 aliphatic carbocycles. The van der Waals surface area contributed by atoms with Gasteiger partial charge in [-0.1, -0.05) is 26.2 Å². The Morgan fingerprint density at radius 2 is 2.00 bits per heavy atom. The molecule has 104 valence electrons. The quantitative estimate of drug-likeness (QED) is 0.578. The van der Waals surface area contributed by atoms with Crippen molar-refractivity contribution in [1.29, 1.82) is 0 Å². The van der Waals surface area contributed by atoms with E-state index in [0.29, 0.717) is 11.5 Å². The van der Waals surface area contributed by atoms with Gasteiger partial charge in [0.05, 0.1) is 0 Å². The van der Waals surface area contributed by atoms with Gasteiger partial charge in [-0.05, 0) is 68.1 Å². The lowest BCUT2D eigenvalue weighted by molar-refractivity contribution is 0.142. The van der Waals surface area contributed by atoms with Crippen molar-refractivity contribution < 1.29 is 0 Å². The number of hydrogen-bond donors (Lipinski definition) is 2. The fourth-order valence-electron chi connectivity index (χ4n) is 5.49. The van der Waals surface area contributed by atoms with E-state index in [-0.39, 0.29) is 0 Å². The monoisotopic (exact) mass is 250 g/mol. The molecule has 0 aromatic carbocycles. The van der Waals surface area contributed by atoms with E-state index in [4.69, 9.17) is 5.84 Å². The number of fused-ring (bicyclic) bond motifs is 2. The highest BCUT2D eigenvalue weighted by Gasteiger charge is 2.45. The molecule has 4 atom stereocenters. The Morgan fingerprint density at radius 3 is 2.50 bits per heavy atom. The van der Waals surface area contributed by atoms with Gasteiger partial charge in [0.2, 0.25) is 0 Å². The first-order chi connectivity index (χ1) is 8.77. The van der Waals surface area contributed by atoms with Crippen LogP contribution < -0.4 is 11.3 Å². The van der Waals surface area contributed by atoms with Crippen molar-refractivity contribution in [3.63, 3.8) is 0 Å². The molecule has 18 heavy (non-hydrogen) atoms. The zero-order valence-corrected chi connectivity index (χ0v) is 12.0. The Labute approximate surface area is 112 Å². The fraction of sp³-hybridized carbons (Fsp3) is 1.00. The summed E-state index contributed by atoms with van der Waals surface area (Å²) in [6, 6.07) is 0.578. The lowest BCUT2D eigenvalue weighted by atomic mass is 9.71. The molecule has 3 saturated carbocycles. The first kappa shape index (κ1) is 12.9. The number of rotatable bonds is 5. The number of nitrogens with one attached hydrogen (secondary N) is 1. The van der Waals surface area contributed by atoms with Gasteiger partial charge >= 0.3 is 0 Å².